The summed E-state index contributed by atoms with van der Waals surface area (Å²) in [5.74, 6) is 0. The summed E-state index contributed by atoms with van der Waals surface area (Å²) in [6.45, 7) is 0. The second-order valence-corrected chi connectivity index (χ2v) is 2.86. The molecule has 1 atom stereocenters. The number of hydrogen-bond acceptors (Lipinski definition) is 3. The van der Waals surface area contributed by atoms with Crippen molar-refractivity contribution in [1.82, 2.24) is 0 Å². The van der Waals surface area contributed by atoms with Gasteiger partial charge in [0, 0.05) is 0 Å². The number of alkyl halides is 1. The third-order valence-electron chi connectivity index (χ3n) is 0.596. The van der Waals surface area contributed by atoms with Crippen LogP contribution in [-0.4, -0.2) is 4.51 Å². The van der Waals surface area contributed by atoms with Crippen LogP contribution in [0.5, 0.6) is 0 Å². The van der Waals surface area contributed by atoms with E-state index in [1.54, 1.807) is 12.1 Å². The number of nitrogens with zero attached hydrogens (tertiary/aromatic N) is 2. The molecule has 0 aromatic heterocycles. The highest BCUT2D eigenvalue weighted by Gasteiger charge is 2.26. The lowest BCUT2D eigenvalue weighted by Gasteiger charge is -2.08. The van der Waals surface area contributed by atoms with Gasteiger partial charge in [0.25, 0.3) is 0 Å². The molecule has 0 saturated heterocycles. The minimum absolute atomic E-state index is 0.0191. The number of hydrogen-bond donors (Lipinski definition) is 0. The molecule has 0 saturated carbocycles. The molecule has 0 aliphatic heterocycles. The van der Waals surface area contributed by atoms with Crippen LogP contribution in [0, 0.1) is 22.7 Å². The molecule has 0 aromatic carbocycles. The summed E-state index contributed by atoms with van der Waals surface area (Å²) in [4.78, 5) is 0. The highest BCUT2D eigenvalue weighted by Crippen LogP contribution is 2.24. The van der Waals surface area contributed by atoms with E-state index in [-0.39, 0.29) is 6.42 Å². The van der Waals surface area contributed by atoms with Crippen molar-refractivity contribution in [2.45, 2.75) is 10.9 Å². The molecular weight excluding hydrogens is 252 g/mol. The predicted octanol–water partition coefficient (Wildman–Crippen LogP) is 1.84. The van der Waals surface area contributed by atoms with Crippen LogP contribution in [0.2, 0.25) is 0 Å². The molecule has 5 heteroatoms. The monoisotopic (exact) mass is 252 g/mol. The van der Waals surface area contributed by atoms with E-state index in [0.29, 0.717) is 0 Å². The molecule has 0 spiro atoms. The smallest absolute Gasteiger partial charge is 0.234 e. The Morgan fingerprint density at radius 2 is 2.11 bits per heavy atom. The molecule has 0 amide bonds. The highest BCUT2D eigenvalue weighted by atomic mass is 79.9. The van der Waals surface area contributed by atoms with Crippen molar-refractivity contribution in [2.75, 3.05) is 0 Å². The molecule has 0 rings (SSSR count). The third-order valence-corrected chi connectivity index (χ3v) is 2.20. The van der Waals surface area contributed by atoms with Gasteiger partial charge in [0.05, 0.1) is 12.5 Å². The molecule has 0 aliphatic rings. The van der Waals surface area contributed by atoms with Crippen LogP contribution in [0.25, 0.3) is 0 Å². The predicted molar refractivity (Wildman–Crippen MR) is 37.5 cm³/mol. The summed E-state index contributed by atoms with van der Waals surface area (Å²) >= 11 is 5.50. The second-order valence-electron chi connectivity index (χ2n) is 1.25. The summed E-state index contributed by atoms with van der Waals surface area (Å²) in [6, 6.07) is 3.54. The fraction of sp³-hybridized carbons (Fsp3) is 0.500. The molecule has 3 nitrogen and oxygen atoms in total. The summed E-state index contributed by atoms with van der Waals surface area (Å²) in [5.41, 5.74) is 0. The van der Waals surface area contributed by atoms with Crippen molar-refractivity contribution < 1.29 is 3.83 Å². The SMILES string of the molecule is N#CCC(Br)(C#N)OBr. The summed E-state index contributed by atoms with van der Waals surface area (Å²) < 4.78 is 3.28. The Balaban J connectivity index is 4.01. The molecule has 1 unspecified atom stereocenters. The van der Waals surface area contributed by atoms with Gasteiger partial charge in [0.15, 0.2) is 0 Å². The van der Waals surface area contributed by atoms with E-state index in [2.05, 4.69) is 36.0 Å². The van der Waals surface area contributed by atoms with Crippen LogP contribution in [0.1, 0.15) is 6.42 Å². The Kier molecular flexibility index (Phi) is 3.79. The first-order valence-electron chi connectivity index (χ1n) is 1.95. The average Bonchev–Trinajstić information content (AvgIpc) is 1.89. The van der Waals surface area contributed by atoms with Crippen LogP contribution in [0.15, 0.2) is 0 Å². The zero-order chi connectivity index (χ0) is 7.33. The van der Waals surface area contributed by atoms with Gasteiger partial charge in [0.1, 0.15) is 22.3 Å². The maximum atomic E-state index is 8.31. The van der Waals surface area contributed by atoms with E-state index in [9.17, 15) is 0 Å². The van der Waals surface area contributed by atoms with Gasteiger partial charge in [-0.25, -0.2) is 0 Å². The Hall–Kier alpha value is -0.100. The van der Waals surface area contributed by atoms with Crippen LogP contribution < -0.4 is 0 Å². The van der Waals surface area contributed by atoms with Gasteiger partial charge in [0.2, 0.25) is 4.51 Å². The van der Waals surface area contributed by atoms with E-state index >= 15 is 0 Å². The first-order valence-corrected chi connectivity index (χ1v) is 3.39. The van der Waals surface area contributed by atoms with E-state index in [1.165, 1.54) is 0 Å². The molecule has 0 heterocycles. The molecular formula is C4H2Br2N2O. The van der Waals surface area contributed by atoms with Crippen molar-refractivity contribution in [3.8, 4) is 12.1 Å². The van der Waals surface area contributed by atoms with Gasteiger partial charge in [-0.05, 0) is 15.9 Å². The van der Waals surface area contributed by atoms with Crippen LogP contribution in [0.4, 0.5) is 0 Å². The maximum absolute atomic E-state index is 8.31. The maximum Gasteiger partial charge on any atom is 0.234 e. The molecule has 9 heavy (non-hydrogen) atoms. The number of nitriles is 2. The fourth-order valence-electron chi connectivity index (χ4n) is 0.186. The van der Waals surface area contributed by atoms with Gasteiger partial charge in [-0.15, -0.1) is 0 Å². The Morgan fingerprint density at radius 3 is 2.22 bits per heavy atom. The van der Waals surface area contributed by atoms with E-state index in [0.717, 1.165) is 0 Å². The first-order chi connectivity index (χ1) is 4.18. The van der Waals surface area contributed by atoms with Gasteiger partial charge >= 0.3 is 0 Å². The minimum Gasteiger partial charge on any atom is -0.273 e. The largest absolute Gasteiger partial charge is 0.273 e. The fourth-order valence-corrected chi connectivity index (χ4v) is 0.498. The first kappa shape index (κ1) is 8.90. The lowest BCUT2D eigenvalue weighted by molar-refractivity contribution is 0.300. The van der Waals surface area contributed by atoms with Crippen molar-refractivity contribution in [3.05, 3.63) is 0 Å². The summed E-state index contributed by atoms with van der Waals surface area (Å²) in [5, 5.41) is 16.4. The van der Waals surface area contributed by atoms with Crippen molar-refractivity contribution in [1.29, 1.82) is 10.5 Å². The van der Waals surface area contributed by atoms with Crippen LogP contribution >= 0.6 is 32.2 Å². The quantitative estimate of drug-likeness (QED) is 0.706. The van der Waals surface area contributed by atoms with E-state index in [4.69, 9.17) is 10.5 Å². The van der Waals surface area contributed by atoms with Gasteiger partial charge in [-0.3, -0.25) is 3.83 Å². The third kappa shape index (κ3) is 2.81. The van der Waals surface area contributed by atoms with Gasteiger partial charge in [-0.2, -0.15) is 10.5 Å². The molecule has 0 fully saturated rings. The minimum atomic E-state index is -1.19. The second kappa shape index (κ2) is 3.84. The zero-order valence-electron chi connectivity index (χ0n) is 4.27. The number of halogens is 2. The topological polar surface area (TPSA) is 56.8 Å². The Labute approximate surface area is 69.8 Å². The molecule has 0 aliphatic carbocycles. The van der Waals surface area contributed by atoms with Gasteiger partial charge < -0.3 is 0 Å². The summed E-state index contributed by atoms with van der Waals surface area (Å²) in [6.07, 6.45) is -0.0191. The average molecular weight is 254 g/mol. The van der Waals surface area contributed by atoms with Crippen LogP contribution in [-0.2, 0) is 3.83 Å². The lowest BCUT2D eigenvalue weighted by Crippen LogP contribution is -2.16. The molecule has 0 bridgehead atoms. The van der Waals surface area contributed by atoms with E-state index < -0.39 is 4.51 Å². The highest BCUT2D eigenvalue weighted by molar-refractivity contribution is 9.11. The molecule has 0 aromatic rings. The van der Waals surface area contributed by atoms with Gasteiger partial charge in [-0.1, -0.05) is 0 Å². The van der Waals surface area contributed by atoms with Crippen molar-refractivity contribution in [3.63, 3.8) is 0 Å². The lowest BCUT2D eigenvalue weighted by atomic mass is 10.3. The molecule has 0 N–H and O–H groups in total. The molecule has 0 radical (unpaired) electrons. The Morgan fingerprint density at radius 1 is 1.56 bits per heavy atom. The normalized spacial score (nSPS) is 15.1. The number of rotatable bonds is 2. The van der Waals surface area contributed by atoms with Crippen LogP contribution in [0.3, 0.4) is 0 Å². The van der Waals surface area contributed by atoms with Crippen molar-refractivity contribution >= 4 is 32.2 Å². The molecule has 48 valence electrons. The van der Waals surface area contributed by atoms with E-state index in [1.807, 2.05) is 0 Å². The standard InChI is InChI=1S/C4H2Br2N2O/c5-4(3-8,9-6)1-2-7/h1H2. The Bertz CT molecular complexity index is 170. The zero-order valence-corrected chi connectivity index (χ0v) is 7.44. The summed E-state index contributed by atoms with van der Waals surface area (Å²) in [7, 11) is 0. The van der Waals surface area contributed by atoms with Crippen molar-refractivity contribution in [2.24, 2.45) is 0 Å².